The summed E-state index contributed by atoms with van der Waals surface area (Å²) in [4.78, 5) is 10.9. The first kappa shape index (κ1) is 23.8. The zero-order valence-electron chi connectivity index (χ0n) is 19.3. The molecule has 3 aromatic carbocycles. The lowest BCUT2D eigenvalue weighted by atomic mass is 9.94. The van der Waals surface area contributed by atoms with E-state index in [9.17, 15) is 18.0 Å². The van der Waals surface area contributed by atoms with E-state index in [1.807, 2.05) is 36.4 Å². The van der Waals surface area contributed by atoms with Crippen molar-refractivity contribution in [2.75, 3.05) is 0 Å². The lowest BCUT2D eigenvalue weighted by Crippen LogP contribution is -2.30. The molecule has 1 amide bonds. The largest absolute Gasteiger partial charge is 0.490 e. The van der Waals surface area contributed by atoms with Crippen LogP contribution in [-0.2, 0) is 6.54 Å². The number of nitrogens with one attached hydrogen (secondary N) is 1. The van der Waals surface area contributed by atoms with Crippen molar-refractivity contribution in [3.8, 4) is 28.0 Å². The number of fused-ring (bicyclic) bond motifs is 1. The van der Waals surface area contributed by atoms with Crippen LogP contribution < -0.4 is 10.1 Å². The molecule has 2 N–H and O–H groups in total. The molecule has 186 valence electrons. The molecule has 1 heterocycles. The standard InChI is InChI=1S/C28H24F3NO4/c29-21-5-1-18(2-6-21)25-15-19(13-20-14-24(36-26(20)25)16-32-27(33)34)17-3-7-22(8-4-17)35-23-9-11-28(30,31)12-10-23/h1-8,13-15,23,32H,9-12,16H2,(H,33,34). The first-order chi connectivity index (χ1) is 17.3. The maximum atomic E-state index is 13.5. The Morgan fingerprint density at radius 3 is 2.31 bits per heavy atom. The minimum atomic E-state index is -2.60. The summed E-state index contributed by atoms with van der Waals surface area (Å²) in [7, 11) is 0. The maximum absolute atomic E-state index is 13.5. The summed E-state index contributed by atoms with van der Waals surface area (Å²) in [6.45, 7) is 0.0152. The molecule has 8 heteroatoms. The Morgan fingerprint density at radius 2 is 1.64 bits per heavy atom. The van der Waals surface area contributed by atoms with Gasteiger partial charge in [-0.3, -0.25) is 0 Å². The van der Waals surface area contributed by atoms with Crippen LogP contribution in [0.2, 0.25) is 0 Å². The van der Waals surface area contributed by atoms with Gasteiger partial charge in [-0.1, -0.05) is 24.3 Å². The molecule has 0 radical (unpaired) electrons. The zero-order chi connectivity index (χ0) is 25.3. The second kappa shape index (κ2) is 9.60. The van der Waals surface area contributed by atoms with Crippen LogP contribution in [-0.4, -0.2) is 23.2 Å². The Balaban J connectivity index is 1.45. The van der Waals surface area contributed by atoms with E-state index in [2.05, 4.69) is 5.32 Å². The molecule has 5 rings (SSSR count). The van der Waals surface area contributed by atoms with Gasteiger partial charge in [0.25, 0.3) is 0 Å². The molecule has 0 spiro atoms. The van der Waals surface area contributed by atoms with Crippen LogP contribution in [0.5, 0.6) is 5.75 Å². The Bertz CT molecular complexity index is 1370. The average molecular weight is 495 g/mol. The van der Waals surface area contributed by atoms with Gasteiger partial charge >= 0.3 is 6.09 Å². The predicted octanol–water partition coefficient (Wildman–Crippen LogP) is 7.63. The maximum Gasteiger partial charge on any atom is 0.405 e. The highest BCUT2D eigenvalue weighted by molar-refractivity contribution is 5.97. The topological polar surface area (TPSA) is 71.7 Å². The fraction of sp³-hybridized carbons (Fsp3) is 0.250. The minimum absolute atomic E-state index is 0.0152. The normalized spacial score (nSPS) is 15.6. The molecule has 0 atom stereocenters. The Morgan fingerprint density at radius 1 is 0.972 bits per heavy atom. The second-order valence-corrected chi connectivity index (χ2v) is 9.02. The number of furan rings is 1. The van der Waals surface area contributed by atoms with E-state index in [0.717, 1.165) is 27.6 Å². The third kappa shape index (κ3) is 5.32. The first-order valence-corrected chi connectivity index (χ1v) is 11.7. The van der Waals surface area contributed by atoms with Gasteiger partial charge in [-0.05, 0) is 72.0 Å². The van der Waals surface area contributed by atoms with E-state index < -0.39 is 12.0 Å². The van der Waals surface area contributed by atoms with E-state index in [0.29, 0.717) is 29.9 Å². The van der Waals surface area contributed by atoms with Crippen LogP contribution >= 0.6 is 0 Å². The van der Waals surface area contributed by atoms with Crippen molar-refractivity contribution < 1.29 is 32.2 Å². The molecule has 1 aliphatic carbocycles. The summed E-state index contributed by atoms with van der Waals surface area (Å²) in [6, 6.07) is 19.2. The number of carboxylic acid groups (broad SMARTS) is 1. The van der Waals surface area contributed by atoms with E-state index >= 15 is 0 Å². The fourth-order valence-electron chi connectivity index (χ4n) is 4.52. The number of rotatable bonds is 6. The quantitative estimate of drug-likeness (QED) is 0.288. The SMILES string of the molecule is O=C(O)NCc1cc2cc(-c3ccc(OC4CCC(F)(F)CC4)cc3)cc(-c3ccc(F)cc3)c2o1. The van der Waals surface area contributed by atoms with Gasteiger partial charge in [0.1, 0.15) is 22.9 Å². The van der Waals surface area contributed by atoms with Crippen LogP contribution in [0.3, 0.4) is 0 Å². The van der Waals surface area contributed by atoms with Crippen molar-refractivity contribution in [1.29, 1.82) is 0 Å². The summed E-state index contributed by atoms with van der Waals surface area (Å²) in [6.07, 6.45) is -1.04. The highest BCUT2D eigenvalue weighted by Crippen LogP contribution is 2.38. The van der Waals surface area contributed by atoms with Crippen molar-refractivity contribution in [3.05, 3.63) is 78.3 Å². The summed E-state index contributed by atoms with van der Waals surface area (Å²) < 4.78 is 52.2. The van der Waals surface area contributed by atoms with E-state index in [1.54, 1.807) is 18.2 Å². The molecule has 36 heavy (non-hydrogen) atoms. The number of hydrogen-bond donors (Lipinski definition) is 2. The number of alkyl halides is 2. The molecule has 4 aromatic rings. The van der Waals surface area contributed by atoms with Crippen LogP contribution in [0.15, 0.2) is 71.1 Å². The minimum Gasteiger partial charge on any atom is -0.490 e. The summed E-state index contributed by atoms with van der Waals surface area (Å²) in [5, 5.41) is 12.0. The lowest BCUT2D eigenvalue weighted by molar-refractivity contribution is -0.0582. The van der Waals surface area contributed by atoms with Crippen LogP contribution in [0.25, 0.3) is 33.2 Å². The van der Waals surface area contributed by atoms with E-state index in [1.165, 1.54) is 12.1 Å². The Kier molecular flexibility index (Phi) is 6.35. The Hall–Kier alpha value is -3.94. The van der Waals surface area contributed by atoms with Gasteiger partial charge < -0.3 is 19.6 Å². The average Bonchev–Trinajstić information content (AvgIpc) is 3.28. The smallest absolute Gasteiger partial charge is 0.405 e. The molecule has 1 aromatic heterocycles. The van der Waals surface area contributed by atoms with Gasteiger partial charge in [0.2, 0.25) is 5.92 Å². The van der Waals surface area contributed by atoms with Gasteiger partial charge in [-0.2, -0.15) is 0 Å². The molecule has 0 aliphatic heterocycles. The second-order valence-electron chi connectivity index (χ2n) is 9.02. The van der Waals surface area contributed by atoms with Crippen molar-refractivity contribution in [1.82, 2.24) is 5.32 Å². The van der Waals surface area contributed by atoms with Crippen molar-refractivity contribution in [2.24, 2.45) is 0 Å². The number of ether oxygens (including phenoxy) is 1. The summed E-state index contributed by atoms with van der Waals surface area (Å²) in [5.74, 6) is -1.87. The number of benzene rings is 3. The van der Waals surface area contributed by atoms with Gasteiger partial charge in [0.05, 0.1) is 12.6 Å². The molecule has 0 bridgehead atoms. The Labute approximate surface area is 205 Å². The zero-order valence-corrected chi connectivity index (χ0v) is 19.3. The molecule has 0 saturated heterocycles. The predicted molar refractivity (Wildman–Crippen MR) is 130 cm³/mol. The number of halogens is 3. The van der Waals surface area contributed by atoms with Gasteiger partial charge in [-0.15, -0.1) is 0 Å². The fourth-order valence-corrected chi connectivity index (χ4v) is 4.52. The third-order valence-corrected chi connectivity index (χ3v) is 6.39. The molecule has 1 aliphatic rings. The van der Waals surface area contributed by atoms with Gasteiger partial charge in [0, 0.05) is 23.8 Å². The molecular weight excluding hydrogens is 471 g/mol. The molecular formula is C28H24F3NO4. The molecule has 1 saturated carbocycles. The molecule has 1 fully saturated rings. The van der Waals surface area contributed by atoms with Crippen molar-refractivity contribution in [3.63, 3.8) is 0 Å². The third-order valence-electron chi connectivity index (χ3n) is 6.39. The number of hydrogen-bond acceptors (Lipinski definition) is 3. The van der Waals surface area contributed by atoms with E-state index in [4.69, 9.17) is 14.3 Å². The number of carbonyl (C=O) groups is 1. The first-order valence-electron chi connectivity index (χ1n) is 11.7. The number of amides is 1. The summed E-state index contributed by atoms with van der Waals surface area (Å²) >= 11 is 0. The van der Waals surface area contributed by atoms with Crippen LogP contribution in [0, 0.1) is 5.82 Å². The van der Waals surface area contributed by atoms with Crippen molar-refractivity contribution in [2.45, 2.75) is 44.3 Å². The van der Waals surface area contributed by atoms with E-state index in [-0.39, 0.29) is 31.3 Å². The van der Waals surface area contributed by atoms with Gasteiger partial charge in [0.15, 0.2) is 0 Å². The van der Waals surface area contributed by atoms with Gasteiger partial charge in [-0.25, -0.2) is 18.0 Å². The van der Waals surface area contributed by atoms with Crippen LogP contribution in [0.1, 0.15) is 31.4 Å². The highest BCUT2D eigenvalue weighted by atomic mass is 19.3. The lowest BCUT2D eigenvalue weighted by Gasteiger charge is -2.28. The molecule has 0 unspecified atom stereocenters. The highest BCUT2D eigenvalue weighted by Gasteiger charge is 2.35. The van der Waals surface area contributed by atoms with Crippen molar-refractivity contribution >= 4 is 17.1 Å². The van der Waals surface area contributed by atoms with Crippen LogP contribution in [0.4, 0.5) is 18.0 Å². The summed E-state index contributed by atoms with van der Waals surface area (Å²) in [5.41, 5.74) is 3.84. The molecule has 5 nitrogen and oxygen atoms in total. The monoisotopic (exact) mass is 495 g/mol.